The molecule has 0 unspecified atom stereocenters. The summed E-state index contributed by atoms with van der Waals surface area (Å²) in [6.07, 6.45) is 6.91. The van der Waals surface area contributed by atoms with Crippen molar-refractivity contribution in [3.8, 4) is 0 Å². The molecule has 1 aliphatic carbocycles. The van der Waals surface area contributed by atoms with Gasteiger partial charge in [-0.25, -0.2) is 0 Å². The molecule has 3 N–H and O–H groups in total. The molecule has 0 spiro atoms. The highest BCUT2D eigenvalue weighted by molar-refractivity contribution is 5.76. The van der Waals surface area contributed by atoms with Crippen molar-refractivity contribution in [2.45, 2.75) is 51.9 Å². The second-order valence-corrected chi connectivity index (χ2v) is 5.77. The predicted molar refractivity (Wildman–Crippen MR) is 74.9 cm³/mol. The van der Waals surface area contributed by atoms with Gasteiger partial charge in [0.05, 0.1) is 0 Å². The van der Waals surface area contributed by atoms with Crippen molar-refractivity contribution in [2.24, 2.45) is 11.1 Å². The summed E-state index contributed by atoms with van der Waals surface area (Å²) in [4.78, 5) is 16.1. The molecule has 1 aliphatic rings. The molecule has 1 aromatic rings. The Balaban J connectivity index is 1.74. The van der Waals surface area contributed by atoms with Crippen molar-refractivity contribution in [1.29, 1.82) is 0 Å². The minimum Gasteiger partial charge on any atom is -0.356 e. The van der Waals surface area contributed by atoms with Crippen LogP contribution in [-0.4, -0.2) is 29.1 Å². The number of carbonyl (C=O) groups is 1. The van der Waals surface area contributed by atoms with E-state index in [0.717, 1.165) is 12.8 Å². The Morgan fingerprint density at radius 1 is 1.40 bits per heavy atom. The van der Waals surface area contributed by atoms with E-state index in [4.69, 9.17) is 10.3 Å². The van der Waals surface area contributed by atoms with Crippen LogP contribution in [0.25, 0.3) is 0 Å². The van der Waals surface area contributed by atoms with E-state index in [0.29, 0.717) is 37.6 Å². The molecule has 0 bridgehead atoms. The van der Waals surface area contributed by atoms with Crippen LogP contribution in [0.4, 0.5) is 0 Å². The molecule has 0 saturated heterocycles. The lowest BCUT2D eigenvalue weighted by atomic mass is 9.71. The summed E-state index contributed by atoms with van der Waals surface area (Å²) in [6, 6.07) is 0. The third-order valence-electron chi connectivity index (χ3n) is 4.12. The lowest BCUT2D eigenvalue weighted by molar-refractivity contribution is -0.123. The summed E-state index contributed by atoms with van der Waals surface area (Å²) in [5.74, 6) is 1.27. The molecule has 6 heteroatoms. The summed E-state index contributed by atoms with van der Waals surface area (Å²) >= 11 is 0. The van der Waals surface area contributed by atoms with Crippen molar-refractivity contribution in [2.75, 3.05) is 13.1 Å². The van der Waals surface area contributed by atoms with Gasteiger partial charge in [0.2, 0.25) is 11.8 Å². The molecule has 0 radical (unpaired) electrons. The van der Waals surface area contributed by atoms with E-state index >= 15 is 0 Å². The maximum Gasteiger partial charge on any atom is 0.223 e. The van der Waals surface area contributed by atoms with Crippen LogP contribution in [-0.2, 0) is 11.2 Å². The molecule has 2 rings (SSSR count). The fourth-order valence-corrected chi connectivity index (χ4v) is 2.91. The van der Waals surface area contributed by atoms with Crippen molar-refractivity contribution in [1.82, 2.24) is 15.5 Å². The van der Waals surface area contributed by atoms with Gasteiger partial charge in [-0.15, -0.1) is 0 Å². The second kappa shape index (κ2) is 6.83. The van der Waals surface area contributed by atoms with E-state index in [1.165, 1.54) is 19.3 Å². The molecule has 0 aliphatic heterocycles. The Hall–Kier alpha value is -1.43. The van der Waals surface area contributed by atoms with Crippen LogP contribution in [0.2, 0.25) is 0 Å². The number of nitrogens with two attached hydrogens (primary N) is 1. The molecular weight excluding hydrogens is 256 g/mol. The largest absolute Gasteiger partial charge is 0.356 e. The molecule has 112 valence electrons. The molecule has 1 aromatic heterocycles. The molecule has 0 atom stereocenters. The first-order valence-corrected chi connectivity index (χ1v) is 7.39. The Labute approximate surface area is 119 Å². The standard InChI is InChI=1S/C14H24N4O2/c1-11-17-12(18-20-11)5-8-16-13(19)9-14(10-15)6-3-2-4-7-14/h2-10,15H2,1H3,(H,16,19). The number of aryl methyl sites for hydroxylation is 1. The van der Waals surface area contributed by atoms with Crippen LogP contribution in [0, 0.1) is 12.3 Å². The molecule has 20 heavy (non-hydrogen) atoms. The smallest absolute Gasteiger partial charge is 0.223 e. The predicted octanol–water partition coefficient (Wildman–Crippen LogP) is 1.34. The zero-order chi connectivity index (χ0) is 14.4. The first kappa shape index (κ1) is 15.0. The van der Waals surface area contributed by atoms with Gasteiger partial charge in [-0.1, -0.05) is 24.4 Å². The normalized spacial score (nSPS) is 17.9. The van der Waals surface area contributed by atoms with Crippen LogP contribution < -0.4 is 11.1 Å². The second-order valence-electron chi connectivity index (χ2n) is 5.77. The van der Waals surface area contributed by atoms with Crippen molar-refractivity contribution < 1.29 is 9.32 Å². The van der Waals surface area contributed by atoms with Gasteiger partial charge in [0.1, 0.15) is 0 Å². The van der Waals surface area contributed by atoms with Gasteiger partial charge in [-0.2, -0.15) is 4.98 Å². The van der Waals surface area contributed by atoms with E-state index < -0.39 is 0 Å². The Morgan fingerprint density at radius 2 is 2.15 bits per heavy atom. The maximum absolute atomic E-state index is 12.0. The van der Waals surface area contributed by atoms with Gasteiger partial charge in [0.15, 0.2) is 5.82 Å². The zero-order valence-corrected chi connectivity index (χ0v) is 12.2. The number of nitrogens with one attached hydrogen (secondary N) is 1. The quantitative estimate of drug-likeness (QED) is 0.820. The van der Waals surface area contributed by atoms with E-state index in [1.54, 1.807) is 6.92 Å². The SMILES string of the molecule is Cc1nc(CCNC(=O)CC2(CN)CCCCC2)no1. The number of aromatic nitrogens is 2. The lowest BCUT2D eigenvalue weighted by Crippen LogP contribution is -2.39. The fraction of sp³-hybridized carbons (Fsp3) is 0.786. The van der Waals surface area contributed by atoms with Crippen molar-refractivity contribution >= 4 is 5.91 Å². The van der Waals surface area contributed by atoms with Gasteiger partial charge < -0.3 is 15.6 Å². The van der Waals surface area contributed by atoms with E-state index in [1.807, 2.05) is 0 Å². The molecule has 1 fully saturated rings. The number of carbonyl (C=O) groups excluding carboxylic acids is 1. The molecule has 1 amide bonds. The molecular formula is C14H24N4O2. The molecule has 0 aromatic carbocycles. The number of amides is 1. The van der Waals surface area contributed by atoms with E-state index in [-0.39, 0.29) is 11.3 Å². The first-order valence-electron chi connectivity index (χ1n) is 7.39. The Morgan fingerprint density at radius 3 is 2.75 bits per heavy atom. The highest BCUT2D eigenvalue weighted by Crippen LogP contribution is 2.38. The number of hydrogen-bond acceptors (Lipinski definition) is 5. The average molecular weight is 280 g/mol. The zero-order valence-electron chi connectivity index (χ0n) is 12.2. The highest BCUT2D eigenvalue weighted by Gasteiger charge is 2.32. The van der Waals surface area contributed by atoms with E-state index in [9.17, 15) is 4.79 Å². The maximum atomic E-state index is 12.0. The monoisotopic (exact) mass is 280 g/mol. The van der Waals surface area contributed by atoms with Crippen molar-refractivity contribution in [3.63, 3.8) is 0 Å². The van der Waals surface area contributed by atoms with Crippen LogP contribution in [0.5, 0.6) is 0 Å². The van der Waals surface area contributed by atoms with Gasteiger partial charge in [0.25, 0.3) is 0 Å². The van der Waals surface area contributed by atoms with Gasteiger partial charge in [-0.05, 0) is 24.8 Å². The number of rotatable bonds is 6. The lowest BCUT2D eigenvalue weighted by Gasteiger charge is -2.35. The van der Waals surface area contributed by atoms with Gasteiger partial charge >= 0.3 is 0 Å². The highest BCUT2D eigenvalue weighted by atomic mass is 16.5. The Bertz CT molecular complexity index is 438. The minimum atomic E-state index is 0.0189. The summed E-state index contributed by atoms with van der Waals surface area (Å²) in [5.41, 5.74) is 5.92. The van der Waals surface area contributed by atoms with Crippen LogP contribution in [0.15, 0.2) is 4.52 Å². The Kier molecular flexibility index (Phi) is 5.11. The van der Waals surface area contributed by atoms with Crippen LogP contribution in [0.3, 0.4) is 0 Å². The van der Waals surface area contributed by atoms with Crippen LogP contribution in [0.1, 0.15) is 50.2 Å². The number of hydrogen-bond donors (Lipinski definition) is 2. The molecule has 6 nitrogen and oxygen atoms in total. The third-order valence-corrected chi connectivity index (χ3v) is 4.12. The fourth-order valence-electron chi connectivity index (χ4n) is 2.91. The summed E-state index contributed by atoms with van der Waals surface area (Å²) < 4.78 is 4.89. The summed E-state index contributed by atoms with van der Waals surface area (Å²) in [7, 11) is 0. The third kappa shape index (κ3) is 4.03. The minimum absolute atomic E-state index is 0.0189. The topological polar surface area (TPSA) is 94.0 Å². The van der Waals surface area contributed by atoms with Gasteiger partial charge in [0, 0.05) is 26.3 Å². The molecule has 1 saturated carbocycles. The number of nitrogens with zero attached hydrogens (tertiary/aromatic N) is 2. The van der Waals surface area contributed by atoms with Gasteiger partial charge in [-0.3, -0.25) is 4.79 Å². The van der Waals surface area contributed by atoms with Crippen LogP contribution >= 0.6 is 0 Å². The molecule has 1 heterocycles. The first-order chi connectivity index (χ1) is 9.63. The average Bonchev–Trinajstić information content (AvgIpc) is 2.85. The summed E-state index contributed by atoms with van der Waals surface area (Å²) in [6.45, 7) is 2.89. The van der Waals surface area contributed by atoms with Crippen molar-refractivity contribution in [3.05, 3.63) is 11.7 Å². The van der Waals surface area contributed by atoms with E-state index in [2.05, 4.69) is 15.5 Å². The summed E-state index contributed by atoms with van der Waals surface area (Å²) in [5, 5.41) is 6.73.